The highest BCUT2D eigenvalue weighted by atomic mass is 79.9. The first kappa shape index (κ1) is 19.7. The lowest BCUT2D eigenvalue weighted by Crippen LogP contribution is -2.24. The molecule has 0 fully saturated rings. The number of halogens is 1. The zero-order chi connectivity index (χ0) is 18.9. The molecule has 2 aromatic rings. The van der Waals surface area contributed by atoms with Crippen molar-refractivity contribution in [2.75, 3.05) is 5.32 Å². The lowest BCUT2D eigenvalue weighted by Gasteiger charge is -2.11. The van der Waals surface area contributed by atoms with Gasteiger partial charge in [0.2, 0.25) is 11.8 Å². The number of ether oxygens (including phenoxy) is 1. The van der Waals surface area contributed by atoms with E-state index in [1.165, 1.54) is 6.21 Å². The van der Waals surface area contributed by atoms with Crippen LogP contribution in [0.2, 0.25) is 0 Å². The van der Waals surface area contributed by atoms with Gasteiger partial charge in [0.25, 0.3) is 0 Å². The number of carbonyl (C=O) groups is 2. The zero-order valence-electron chi connectivity index (χ0n) is 14.5. The Labute approximate surface area is 160 Å². The number of benzene rings is 2. The van der Waals surface area contributed by atoms with Gasteiger partial charge in [-0.1, -0.05) is 24.3 Å². The predicted octanol–water partition coefficient (Wildman–Crippen LogP) is 3.72. The van der Waals surface area contributed by atoms with E-state index in [4.69, 9.17) is 4.74 Å². The van der Waals surface area contributed by atoms with E-state index in [1.807, 2.05) is 44.2 Å². The highest BCUT2D eigenvalue weighted by Crippen LogP contribution is 2.21. The molecular weight excluding hydrogens is 398 g/mol. The van der Waals surface area contributed by atoms with Crippen LogP contribution in [0.25, 0.3) is 0 Å². The average Bonchev–Trinajstić information content (AvgIpc) is 2.58. The number of anilines is 1. The fourth-order valence-corrected chi connectivity index (χ4v) is 2.45. The summed E-state index contributed by atoms with van der Waals surface area (Å²) in [5.74, 6) is -0.256. The fraction of sp³-hybridized carbons (Fsp3) is 0.211. The summed E-state index contributed by atoms with van der Waals surface area (Å²) in [6.07, 6.45) is 1.18. The maximum absolute atomic E-state index is 11.9. The van der Waals surface area contributed by atoms with Crippen LogP contribution in [0.1, 0.15) is 25.8 Å². The van der Waals surface area contributed by atoms with Crippen molar-refractivity contribution in [1.82, 2.24) is 5.43 Å². The molecule has 7 heteroatoms. The molecule has 2 N–H and O–H groups in total. The van der Waals surface area contributed by atoms with Crippen LogP contribution in [-0.4, -0.2) is 24.1 Å². The van der Waals surface area contributed by atoms with Crippen LogP contribution < -0.4 is 15.5 Å². The summed E-state index contributed by atoms with van der Waals surface area (Å²) in [7, 11) is 0. The number of carbonyl (C=O) groups excluding carboxylic acids is 2. The first-order chi connectivity index (χ1) is 12.5. The molecule has 0 aromatic heterocycles. The molecule has 2 amide bonds. The van der Waals surface area contributed by atoms with E-state index < -0.39 is 11.8 Å². The second-order valence-electron chi connectivity index (χ2n) is 5.70. The lowest BCUT2D eigenvalue weighted by molar-refractivity contribution is -0.126. The second kappa shape index (κ2) is 9.72. The number of hydrogen-bond acceptors (Lipinski definition) is 4. The normalized spacial score (nSPS) is 10.8. The predicted molar refractivity (Wildman–Crippen MR) is 105 cm³/mol. The van der Waals surface area contributed by atoms with Gasteiger partial charge in [0.15, 0.2) is 0 Å². The quantitative estimate of drug-likeness (QED) is 0.409. The topological polar surface area (TPSA) is 79.8 Å². The Morgan fingerprint density at radius 2 is 1.81 bits per heavy atom. The Hall–Kier alpha value is -2.67. The van der Waals surface area contributed by atoms with Crippen LogP contribution in [-0.2, 0) is 9.59 Å². The number of para-hydroxylation sites is 2. The fourth-order valence-electron chi connectivity index (χ4n) is 2.06. The number of nitrogens with one attached hydrogen (secondary N) is 2. The highest BCUT2D eigenvalue weighted by molar-refractivity contribution is 9.10. The molecular formula is C19H20BrN3O3. The Morgan fingerprint density at radius 1 is 1.12 bits per heavy atom. The largest absolute Gasteiger partial charge is 0.490 e. The molecule has 0 heterocycles. The van der Waals surface area contributed by atoms with Gasteiger partial charge in [-0.25, -0.2) is 5.43 Å². The summed E-state index contributed by atoms with van der Waals surface area (Å²) in [4.78, 5) is 23.8. The van der Waals surface area contributed by atoms with Gasteiger partial charge < -0.3 is 10.1 Å². The number of nitrogens with zero attached hydrogens (tertiary/aromatic N) is 1. The van der Waals surface area contributed by atoms with Gasteiger partial charge in [-0.3, -0.25) is 9.59 Å². The van der Waals surface area contributed by atoms with Gasteiger partial charge in [-0.2, -0.15) is 5.10 Å². The molecule has 0 saturated heterocycles. The average molecular weight is 418 g/mol. The zero-order valence-corrected chi connectivity index (χ0v) is 16.1. The van der Waals surface area contributed by atoms with Gasteiger partial charge in [-0.05, 0) is 54.0 Å². The lowest BCUT2D eigenvalue weighted by atomic mass is 10.2. The molecule has 0 aliphatic heterocycles. The smallest absolute Gasteiger partial charge is 0.249 e. The number of rotatable bonds is 7. The van der Waals surface area contributed by atoms with Crippen molar-refractivity contribution in [3.05, 3.63) is 58.6 Å². The van der Waals surface area contributed by atoms with Crippen LogP contribution in [0.15, 0.2) is 58.1 Å². The van der Waals surface area contributed by atoms with Crippen molar-refractivity contribution in [3.8, 4) is 5.75 Å². The minimum absolute atomic E-state index is 0.0279. The van der Waals surface area contributed by atoms with Crippen molar-refractivity contribution < 1.29 is 14.3 Å². The third-order valence-corrected chi connectivity index (χ3v) is 3.84. The Morgan fingerprint density at radius 3 is 2.54 bits per heavy atom. The van der Waals surface area contributed by atoms with Crippen LogP contribution in [0.5, 0.6) is 5.75 Å². The maximum atomic E-state index is 11.9. The Kier molecular flexibility index (Phi) is 7.35. The third-order valence-electron chi connectivity index (χ3n) is 3.14. The third kappa shape index (κ3) is 6.33. The minimum Gasteiger partial charge on any atom is -0.490 e. The molecule has 0 spiro atoms. The van der Waals surface area contributed by atoms with E-state index >= 15 is 0 Å². The number of hydrazone groups is 1. The van der Waals surface area contributed by atoms with Gasteiger partial charge in [-0.15, -0.1) is 0 Å². The van der Waals surface area contributed by atoms with Gasteiger partial charge in [0.05, 0.1) is 18.0 Å². The van der Waals surface area contributed by atoms with E-state index in [0.29, 0.717) is 11.4 Å². The standard InChI is InChI=1S/C19H20BrN3O3/c1-13(2)26-17-10-6-3-7-14(17)12-21-23-19(25)11-18(24)22-16-9-5-4-8-15(16)20/h3-10,12-13H,11H2,1-2H3,(H,22,24)(H,23,25). The number of amides is 2. The molecule has 6 nitrogen and oxygen atoms in total. The summed E-state index contributed by atoms with van der Waals surface area (Å²) in [6.45, 7) is 3.86. The highest BCUT2D eigenvalue weighted by Gasteiger charge is 2.10. The van der Waals surface area contributed by atoms with Crippen LogP contribution in [0.4, 0.5) is 5.69 Å². The maximum Gasteiger partial charge on any atom is 0.249 e. The van der Waals surface area contributed by atoms with E-state index in [2.05, 4.69) is 31.8 Å². The van der Waals surface area contributed by atoms with Crippen molar-refractivity contribution >= 4 is 39.6 Å². The molecule has 0 bridgehead atoms. The monoisotopic (exact) mass is 417 g/mol. The minimum atomic E-state index is -0.506. The van der Waals surface area contributed by atoms with Crippen LogP contribution in [0.3, 0.4) is 0 Å². The molecule has 0 aliphatic carbocycles. The van der Waals surface area contributed by atoms with Crippen LogP contribution in [0, 0.1) is 0 Å². The molecule has 0 aliphatic rings. The van der Waals surface area contributed by atoms with E-state index in [1.54, 1.807) is 18.2 Å². The molecule has 0 saturated carbocycles. The molecule has 0 unspecified atom stereocenters. The SMILES string of the molecule is CC(C)Oc1ccccc1C=NNC(=O)CC(=O)Nc1ccccc1Br. The summed E-state index contributed by atoms with van der Waals surface area (Å²) in [6, 6.07) is 14.5. The number of hydrogen-bond donors (Lipinski definition) is 2. The first-order valence-electron chi connectivity index (χ1n) is 8.07. The molecule has 0 atom stereocenters. The van der Waals surface area contributed by atoms with E-state index in [-0.39, 0.29) is 12.5 Å². The summed E-state index contributed by atoms with van der Waals surface area (Å²) >= 11 is 3.33. The first-order valence-corrected chi connectivity index (χ1v) is 8.87. The van der Waals surface area contributed by atoms with E-state index in [9.17, 15) is 9.59 Å². The Balaban J connectivity index is 1.88. The molecule has 0 radical (unpaired) electrons. The van der Waals surface area contributed by atoms with Crippen LogP contribution >= 0.6 is 15.9 Å². The molecule has 2 aromatic carbocycles. The van der Waals surface area contributed by atoms with Crippen molar-refractivity contribution in [1.29, 1.82) is 0 Å². The van der Waals surface area contributed by atoms with Gasteiger partial charge in [0.1, 0.15) is 12.2 Å². The van der Waals surface area contributed by atoms with Gasteiger partial charge >= 0.3 is 0 Å². The van der Waals surface area contributed by atoms with Gasteiger partial charge in [0, 0.05) is 10.0 Å². The van der Waals surface area contributed by atoms with Crippen molar-refractivity contribution in [2.45, 2.75) is 26.4 Å². The van der Waals surface area contributed by atoms with E-state index in [0.717, 1.165) is 10.0 Å². The Bertz CT molecular complexity index is 806. The summed E-state index contributed by atoms with van der Waals surface area (Å²) < 4.78 is 6.42. The molecule has 136 valence electrons. The summed E-state index contributed by atoms with van der Waals surface area (Å²) in [5, 5.41) is 6.55. The van der Waals surface area contributed by atoms with Crippen molar-refractivity contribution in [2.24, 2.45) is 5.10 Å². The molecule has 2 rings (SSSR count). The van der Waals surface area contributed by atoms with Crippen molar-refractivity contribution in [3.63, 3.8) is 0 Å². The molecule has 26 heavy (non-hydrogen) atoms. The summed E-state index contributed by atoms with van der Waals surface area (Å²) in [5.41, 5.74) is 3.69. The second-order valence-corrected chi connectivity index (χ2v) is 6.56.